The van der Waals surface area contributed by atoms with E-state index in [9.17, 15) is 8.42 Å². The topological polar surface area (TPSA) is 49.4 Å². The van der Waals surface area contributed by atoms with Gasteiger partial charge in [0.2, 0.25) is 0 Å². The molecule has 0 bridgehead atoms. The van der Waals surface area contributed by atoms with Crippen molar-refractivity contribution in [2.24, 2.45) is 0 Å². The smallest absolute Gasteiger partial charge is 0.253 e. The SMILES string of the molecule is CNCc1sc(S(=O)(=O)N2C(C)CCCC2C)cc1C. The summed E-state index contributed by atoms with van der Waals surface area (Å²) in [7, 11) is -1.48. The van der Waals surface area contributed by atoms with Crippen LogP contribution in [0.5, 0.6) is 0 Å². The molecular weight excluding hydrogens is 292 g/mol. The molecule has 1 aromatic heterocycles. The summed E-state index contributed by atoms with van der Waals surface area (Å²) in [6, 6.07) is 2.01. The van der Waals surface area contributed by atoms with E-state index < -0.39 is 10.0 Å². The number of hydrogen-bond donors (Lipinski definition) is 1. The van der Waals surface area contributed by atoms with Crippen LogP contribution >= 0.6 is 11.3 Å². The van der Waals surface area contributed by atoms with Crippen LogP contribution in [0.25, 0.3) is 0 Å². The molecule has 0 aliphatic carbocycles. The van der Waals surface area contributed by atoms with Gasteiger partial charge in [0, 0.05) is 23.5 Å². The van der Waals surface area contributed by atoms with Crippen LogP contribution in [0.3, 0.4) is 0 Å². The van der Waals surface area contributed by atoms with E-state index in [-0.39, 0.29) is 12.1 Å². The zero-order valence-electron chi connectivity index (χ0n) is 12.6. The summed E-state index contributed by atoms with van der Waals surface area (Å²) in [5.41, 5.74) is 1.06. The number of piperidine rings is 1. The predicted molar refractivity (Wildman–Crippen MR) is 83.6 cm³/mol. The Bertz CT molecular complexity index is 556. The molecule has 6 heteroatoms. The first kappa shape index (κ1) is 15.9. The second-order valence-corrected chi connectivity index (χ2v) is 8.87. The lowest BCUT2D eigenvalue weighted by Crippen LogP contribution is -2.47. The standard InChI is InChI=1S/C14H24N2O2S2/c1-10-8-14(19-13(10)9-15-4)20(17,18)16-11(2)6-5-7-12(16)3/h8,11-12,15H,5-7,9H2,1-4H3. The van der Waals surface area contributed by atoms with Crippen LogP contribution in [-0.2, 0) is 16.6 Å². The van der Waals surface area contributed by atoms with Gasteiger partial charge in [-0.15, -0.1) is 11.3 Å². The molecule has 1 aliphatic heterocycles. The zero-order chi connectivity index (χ0) is 14.9. The fourth-order valence-corrected chi connectivity index (χ4v) is 6.52. The van der Waals surface area contributed by atoms with Crippen molar-refractivity contribution in [1.82, 2.24) is 9.62 Å². The number of nitrogens with one attached hydrogen (secondary N) is 1. The van der Waals surface area contributed by atoms with Gasteiger partial charge in [-0.05, 0) is 52.3 Å². The molecule has 0 amide bonds. The first-order valence-corrected chi connectivity index (χ1v) is 9.41. The zero-order valence-corrected chi connectivity index (χ0v) is 14.3. The Hall–Kier alpha value is -0.430. The number of sulfonamides is 1. The van der Waals surface area contributed by atoms with Crippen LogP contribution in [0.2, 0.25) is 0 Å². The molecule has 1 aromatic rings. The maximum atomic E-state index is 12.9. The van der Waals surface area contributed by atoms with Crippen molar-refractivity contribution in [3.8, 4) is 0 Å². The predicted octanol–water partition coefficient (Wildman–Crippen LogP) is 2.73. The Kier molecular flexibility index (Phi) is 4.89. The van der Waals surface area contributed by atoms with Crippen LogP contribution in [-0.4, -0.2) is 31.9 Å². The van der Waals surface area contributed by atoms with Crippen LogP contribution < -0.4 is 5.32 Å². The van der Waals surface area contributed by atoms with Crippen molar-refractivity contribution in [1.29, 1.82) is 0 Å². The molecule has 0 spiro atoms. The van der Waals surface area contributed by atoms with Gasteiger partial charge in [0.1, 0.15) is 4.21 Å². The van der Waals surface area contributed by atoms with Gasteiger partial charge in [-0.1, -0.05) is 6.42 Å². The molecule has 2 rings (SSSR count). The third-order valence-electron chi connectivity index (χ3n) is 3.98. The van der Waals surface area contributed by atoms with Gasteiger partial charge >= 0.3 is 0 Å². The molecule has 114 valence electrons. The number of nitrogens with zero attached hydrogens (tertiary/aromatic N) is 1. The largest absolute Gasteiger partial charge is 0.315 e. The molecule has 2 heterocycles. The van der Waals surface area contributed by atoms with Crippen molar-refractivity contribution in [2.45, 2.75) is 62.9 Å². The van der Waals surface area contributed by atoms with Gasteiger partial charge in [-0.2, -0.15) is 4.31 Å². The highest BCUT2D eigenvalue weighted by atomic mass is 32.2. The van der Waals surface area contributed by atoms with Crippen LogP contribution in [0, 0.1) is 6.92 Å². The molecule has 4 nitrogen and oxygen atoms in total. The Balaban J connectivity index is 2.36. The normalized spacial score (nSPS) is 25.0. The van der Waals surface area contributed by atoms with E-state index in [1.165, 1.54) is 11.3 Å². The minimum atomic E-state index is -3.36. The lowest BCUT2D eigenvalue weighted by Gasteiger charge is -2.37. The highest BCUT2D eigenvalue weighted by Gasteiger charge is 2.36. The quantitative estimate of drug-likeness (QED) is 0.929. The van der Waals surface area contributed by atoms with E-state index in [0.717, 1.165) is 36.2 Å². The summed E-state index contributed by atoms with van der Waals surface area (Å²) >= 11 is 1.40. The molecule has 1 saturated heterocycles. The minimum absolute atomic E-state index is 0.0962. The Labute approximate surface area is 126 Å². The first-order valence-electron chi connectivity index (χ1n) is 7.15. The first-order chi connectivity index (χ1) is 9.37. The van der Waals surface area contributed by atoms with E-state index in [0.29, 0.717) is 4.21 Å². The summed E-state index contributed by atoms with van der Waals surface area (Å²) in [4.78, 5) is 1.10. The molecule has 1 N–H and O–H groups in total. The molecule has 2 unspecified atom stereocenters. The van der Waals surface area contributed by atoms with E-state index in [4.69, 9.17) is 0 Å². The van der Waals surface area contributed by atoms with Gasteiger partial charge in [0.05, 0.1) is 0 Å². The molecule has 2 atom stereocenters. The number of rotatable bonds is 4. The summed E-state index contributed by atoms with van der Waals surface area (Å²) in [6.45, 7) is 6.73. The number of aryl methyl sites for hydroxylation is 1. The van der Waals surface area contributed by atoms with Gasteiger partial charge < -0.3 is 5.32 Å². The number of hydrogen-bond acceptors (Lipinski definition) is 4. The van der Waals surface area contributed by atoms with Crippen molar-refractivity contribution in [3.63, 3.8) is 0 Å². The molecule has 20 heavy (non-hydrogen) atoms. The third-order valence-corrected chi connectivity index (χ3v) is 7.79. The van der Waals surface area contributed by atoms with Gasteiger partial charge in [0.25, 0.3) is 10.0 Å². The average Bonchev–Trinajstić information content (AvgIpc) is 2.72. The third kappa shape index (κ3) is 2.93. The van der Waals surface area contributed by atoms with Gasteiger partial charge in [0.15, 0.2) is 0 Å². The maximum absolute atomic E-state index is 12.9. The average molecular weight is 316 g/mol. The molecule has 0 aromatic carbocycles. The minimum Gasteiger partial charge on any atom is -0.315 e. The Morgan fingerprint density at radius 2 is 1.95 bits per heavy atom. The van der Waals surface area contributed by atoms with Gasteiger partial charge in [-0.3, -0.25) is 0 Å². The molecular formula is C14H24N2O2S2. The van der Waals surface area contributed by atoms with Crippen LogP contribution in [0.1, 0.15) is 43.6 Å². The molecule has 0 radical (unpaired) electrons. The lowest BCUT2D eigenvalue weighted by molar-refractivity contribution is 0.204. The summed E-state index contributed by atoms with van der Waals surface area (Å²) in [5.74, 6) is 0. The van der Waals surface area contributed by atoms with Crippen LogP contribution in [0.4, 0.5) is 0 Å². The maximum Gasteiger partial charge on any atom is 0.253 e. The van der Waals surface area contributed by atoms with Crippen molar-refractivity contribution >= 4 is 21.4 Å². The second kappa shape index (κ2) is 6.13. The fourth-order valence-electron chi connectivity index (χ4n) is 2.93. The van der Waals surface area contributed by atoms with Crippen molar-refractivity contribution in [2.75, 3.05) is 7.05 Å². The molecule has 1 fully saturated rings. The van der Waals surface area contributed by atoms with Crippen LogP contribution in [0.15, 0.2) is 10.3 Å². The van der Waals surface area contributed by atoms with E-state index >= 15 is 0 Å². The van der Waals surface area contributed by atoms with E-state index in [1.54, 1.807) is 4.31 Å². The Morgan fingerprint density at radius 3 is 2.50 bits per heavy atom. The highest BCUT2D eigenvalue weighted by molar-refractivity contribution is 7.91. The van der Waals surface area contributed by atoms with E-state index in [2.05, 4.69) is 5.32 Å². The van der Waals surface area contributed by atoms with Crippen molar-refractivity contribution in [3.05, 3.63) is 16.5 Å². The monoisotopic (exact) mass is 316 g/mol. The highest BCUT2D eigenvalue weighted by Crippen LogP contribution is 2.34. The Morgan fingerprint density at radius 1 is 1.35 bits per heavy atom. The van der Waals surface area contributed by atoms with Crippen molar-refractivity contribution < 1.29 is 8.42 Å². The van der Waals surface area contributed by atoms with E-state index in [1.807, 2.05) is 33.9 Å². The summed E-state index contributed by atoms with van der Waals surface area (Å²) < 4.78 is 28.0. The van der Waals surface area contributed by atoms with Gasteiger partial charge in [-0.25, -0.2) is 8.42 Å². The lowest BCUT2D eigenvalue weighted by atomic mass is 10.0. The summed E-state index contributed by atoms with van der Waals surface area (Å²) in [6.07, 6.45) is 3.03. The molecule has 0 saturated carbocycles. The fraction of sp³-hybridized carbons (Fsp3) is 0.714. The number of thiophene rings is 1. The second-order valence-electron chi connectivity index (χ2n) is 5.67. The summed E-state index contributed by atoms with van der Waals surface area (Å²) in [5, 5.41) is 3.09. The molecule has 1 aliphatic rings.